The van der Waals surface area contributed by atoms with Crippen LogP contribution in [0.25, 0.3) is 11.5 Å². The predicted octanol–water partition coefficient (Wildman–Crippen LogP) is 2.39. The van der Waals surface area contributed by atoms with Crippen LogP contribution in [0.1, 0.15) is 38.3 Å². The van der Waals surface area contributed by atoms with Gasteiger partial charge in [-0.15, -0.1) is 0 Å². The van der Waals surface area contributed by atoms with E-state index in [1.54, 1.807) is 0 Å². The molecule has 1 fully saturated rings. The van der Waals surface area contributed by atoms with Gasteiger partial charge in [0.05, 0.1) is 11.9 Å². The molecule has 0 saturated heterocycles. The fourth-order valence-corrected chi connectivity index (χ4v) is 3.30. The van der Waals surface area contributed by atoms with E-state index in [9.17, 15) is 0 Å². The van der Waals surface area contributed by atoms with Gasteiger partial charge in [-0.05, 0) is 24.8 Å². The fraction of sp³-hybridized carbons (Fsp3) is 0.538. The van der Waals surface area contributed by atoms with Crippen molar-refractivity contribution in [2.24, 2.45) is 5.92 Å². The Labute approximate surface area is 106 Å². The molecule has 18 heavy (non-hydrogen) atoms. The number of hydrogen-bond donors (Lipinski definition) is 2. The standard InChI is InChI=1S/C13H17N5/c1-2-4-9(5-3-1)13-17-16-11-8-15-12-10(18(11)13)6-7-14-12/h6-9,13,16-17H,1-5H2. The van der Waals surface area contributed by atoms with Gasteiger partial charge in [0, 0.05) is 6.20 Å². The van der Waals surface area contributed by atoms with Crippen LogP contribution >= 0.6 is 0 Å². The Kier molecular flexibility index (Phi) is 2.26. The predicted molar refractivity (Wildman–Crippen MR) is 69.0 cm³/mol. The van der Waals surface area contributed by atoms with Crippen molar-refractivity contribution in [1.29, 1.82) is 0 Å². The van der Waals surface area contributed by atoms with Crippen molar-refractivity contribution < 1.29 is 0 Å². The molecule has 0 aromatic carbocycles. The number of hydrazine groups is 1. The van der Waals surface area contributed by atoms with Gasteiger partial charge in [-0.1, -0.05) is 19.3 Å². The third-order valence-corrected chi connectivity index (χ3v) is 4.21. The second-order valence-corrected chi connectivity index (χ2v) is 5.28. The summed E-state index contributed by atoms with van der Waals surface area (Å²) in [4.78, 5) is 8.65. The maximum Gasteiger partial charge on any atom is 0.176 e. The molecule has 0 radical (unpaired) electrons. The minimum atomic E-state index is 0.343. The van der Waals surface area contributed by atoms with E-state index in [4.69, 9.17) is 0 Å². The van der Waals surface area contributed by atoms with E-state index in [0.29, 0.717) is 12.1 Å². The Bertz CT molecular complexity index is 528. The van der Waals surface area contributed by atoms with Gasteiger partial charge in [-0.3, -0.25) is 0 Å². The van der Waals surface area contributed by atoms with E-state index in [1.165, 1.54) is 32.1 Å². The fourth-order valence-electron chi connectivity index (χ4n) is 3.30. The molecular weight excluding hydrogens is 226 g/mol. The first-order valence-electron chi connectivity index (χ1n) is 6.77. The van der Waals surface area contributed by atoms with Crippen LogP contribution in [0.5, 0.6) is 0 Å². The molecule has 0 bridgehead atoms. The molecule has 2 N–H and O–H groups in total. The molecule has 4 aliphatic rings. The number of nitrogens with zero attached hydrogens (tertiary/aromatic N) is 3. The van der Waals surface area contributed by atoms with Crippen LogP contribution in [0, 0.1) is 5.92 Å². The van der Waals surface area contributed by atoms with Crippen molar-refractivity contribution in [3.63, 3.8) is 0 Å². The number of nitrogens with one attached hydrogen (secondary N) is 2. The zero-order valence-electron chi connectivity index (χ0n) is 10.3. The zero-order valence-corrected chi connectivity index (χ0v) is 10.3. The van der Waals surface area contributed by atoms with Crippen LogP contribution in [0.4, 0.5) is 5.82 Å². The topological polar surface area (TPSA) is 54.8 Å². The van der Waals surface area contributed by atoms with Gasteiger partial charge < -0.3 is 9.99 Å². The normalized spacial score (nSPS) is 24.1. The Morgan fingerprint density at radius 3 is 2.94 bits per heavy atom. The van der Waals surface area contributed by atoms with Gasteiger partial charge in [0.1, 0.15) is 12.0 Å². The van der Waals surface area contributed by atoms with Gasteiger partial charge >= 0.3 is 0 Å². The molecule has 0 aromatic heterocycles. The average molecular weight is 243 g/mol. The second-order valence-electron chi connectivity index (χ2n) is 5.28. The summed E-state index contributed by atoms with van der Waals surface area (Å²) in [6.45, 7) is 0. The van der Waals surface area contributed by atoms with Crippen molar-refractivity contribution in [3.8, 4) is 11.5 Å². The molecule has 1 atom stereocenters. The van der Waals surface area contributed by atoms with Gasteiger partial charge in [0.25, 0.3) is 0 Å². The van der Waals surface area contributed by atoms with E-state index in [-0.39, 0.29) is 0 Å². The SMILES string of the molecule is c1cc2n3c(cnc-2n1)NNC3C1CCCCC1. The largest absolute Gasteiger partial charge is 0.304 e. The second kappa shape index (κ2) is 3.95. The lowest BCUT2D eigenvalue weighted by atomic mass is 9.87. The molecule has 5 heteroatoms. The number of fused-ring (bicyclic) bond motifs is 3. The lowest BCUT2D eigenvalue weighted by molar-refractivity contribution is 0.239. The number of rotatable bonds is 1. The highest BCUT2D eigenvalue weighted by atomic mass is 15.5. The van der Waals surface area contributed by atoms with Crippen molar-refractivity contribution in [3.05, 3.63) is 18.5 Å². The molecule has 1 unspecified atom stereocenters. The summed E-state index contributed by atoms with van der Waals surface area (Å²) in [6, 6.07) is 2.05. The summed E-state index contributed by atoms with van der Waals surface area (Å²) in [5, 5.41) is 0. The van der Waals surface area contributed by atoms with E-state index in [2.05, 4.69) is 31.5 Å². The van der Waals surface area contributed by atoms with Gasteiger partial charge in [-0.2, -0.15) is 0 Å². The highest BCUT2D eigenvalue weighted by molar-refractivity contribution is 5.58. The molecule has 3 aliphatic heterocycles. The molecule has 1 saturated carbocycles. The monoisotopic (exact) mass is 243 g/mol. The van der Waals surface area contributed by atoms with Gasteiger partial charge in [-0.25, -0.2) is 15.4 Å². The first kappa shape index (κ1) is 10.3. The maximum atomic E-state index is 4.36. The quantitative estimate of drug-likeness (QED) is 0.807. The molecule has 0 aromatic rings. The van der Waals surface area contributed by atoms with Crippen molar-refractivity contribution >= 4 is 5.82 Å². The molecule has 0 spiro atoms. The lowest BCUT2D eigenvalue weighted by Gasteiger charge is -2.29. The van der Waals surface area contributed by atoms with Crippen LogP contribution in [0.15, 0.2) is 18.5 Å². The first-order chi connectivity index (χ1) is 8.93. The van der Waals surface area contributed by atoms with E-state index in [0.717, 1.165) is 17.3 Å². The minimum absolute atomic E-state index is 0.343. The lowest BCUT2D eigenvalue weighted by Crippen LogP contribution is -2.30. The summed E-state index contributed by atoms with van der Waals surface area (Å²) in [5.41, 5.74) is 7.80. The molecule has 0 amide bonds. The maximum absolute atomic E-state index is 4.36. The Morgan fingerprint density at radius 2 is 2.06 bits per heavy atom. The molecule has 94 valence electrons. The number of anilines is 1. The van der Waals surface area contributed by atoms with Crippen LogP contribution in [0.2, 0.25) is 0 Å². The van der Waals surface area contributed by atoms with Crippen molar-refractivity contribution in [2.45, 2.75) is 38.3 Å². The van der Waals surface area contributed by atoms with Crippen LogP contribution in [-0.2, 0) is 0 Å². The van der Waals surface area contributed by atoms with Gasteiger partial charge in [0.15, 0.2) is 5.82 Å². The van der Waals surface area contributed by atoms with Crippen LogP contribution in [-0.4, -0.2) is 14.5 Å². The molecule has 1 aliphatic carbocycles. The third kappa shape index (κ3) is 1.43. The summed E-state index contributed by atoms with van der Waals surface area (Å²) in [5.74, 6) is 2.59. The summed E-state index contributed by atoms with van der Waals surface area (Å²) < 4.78 is 2.32. The Balaban J connectivity index is 1.76. The summed E-state index contributed by atoms with van der Waals surface area (Å²) in [7, 11) is 0. The minimum Gasteiger partial charge on any atom is -0.304 e. The highest BCUT2D eigenvalue weighted by Crippen LogP contribution is 2.38. The van der Waals surface area contributed by atoms with Crippen molar-refractivity contribution in [1.82, 2.24) is 20.0 Å². The van der Waals surface area contributed by atoms with E-state index in [1.807, 2.05) is 12.4 Å². The summed E-state index contributed by atoms with van der Waals surface area (Å²) >= 11 is 0. The molecule has 4 rings (SSSR count). The van der Waals surface area contributed by atoms with Gasteiger partial charge in [0.2, 0.25) is 0 Å². The first-order valence-corrected chi connectivity index (χ1v) is 6.77. The number of hydrogen-bond acceptors (Lipinski definition) is 4. The molecule has 5 nitrogen and oxygen atoms in total. The zero-order chi connectivity index (χ0) is 11.9. The number of aromatic nitrogens is 3. The molecular formula is C13H17N5. The van der Waals surface area contributed by atoms with E-state index < -0.39 is 0 Å². The van der Waals surface area contributed by atoms with E-state index >= 15 is 0 Å². The smallest absolute Gasteiger partial charge is 0.176 e. The Morgan fingerprint density at radius 1 is 1.17 bits per heavy atom. The third-order valence-electron chi connectivity index (χ3n) is 4.21. The average Bonchev–Trinajstić information content (AvgIpc) is 3.05. The van der Waals surface area contributed by atoms with Crippen molar-refractivity contribution in [2.75, 3.05) is 5.43 Å². The Hall–Kier alpha value is -1.62. The van der Waals surface area contributed by atoms with Crippen LogP contribution < -0.4 is 10.9 Å². The molecule has 3 heterocycles. The summed E-state index contributed by atoms with van der Waals surface area (Å²) in [6.07, 6.45) is 10.8. The van der Waals surface area contributed by atoms with Crippen LogP contribution in [0.3, 0.4) is 0 Å². The highest BCUT2D eigenvalue weighted by Gasteiger charge is 2.32.